The average molecular weight is 529 g/mol. The molecule has 1 heterocycles. The molecule has 30 heavy (non-hydrogen) atoms. The lowest BCUT2D eigenvalue weighted by molar-refractivity contribution is 0.174. The van der Waals surface area contributed by atoms with Gasteiger partial charge in [-0.1, -0.05) is 6.07 Å². The second-order valence-corrected chi connectivity index (χ2v) is 6.26. The van der Waals surface area contributed by atoms with E-state index in [0.717, 1.165) is 29.2 Å². The molecule has 0 unspecified atom stereocenters. The first-order valence-corrected chi connectivity index (χ1v) is 9.38. The maximum Gasteiger partial charge on any atom is 0.231 e. The molecule has 3 rings (SSSR count). The average Bonchev–Trinajstić information content (AvgIpc) is 3.22. The number of halogens is 1. The topological polar surface area (TPSA) is 82.6 Å². The van der Waals surface area contributed by atoms with Gasteiger partial charge in [-0.2, -0.15) is 0 Å². The van der Waals surface area contributed by atoms with Gasteiger partial charge in [0.25, 0.3) is 0 Å². The third-order valence-electron chi connectivity index (χ3n) is 4.43. The molecule has 0 radical (unpaired) electrons. The van der Waals surface area contributed by atoms with Gasteiger partial charge < -0.3 is 34.3 Å². The Morgan fingerprint density at radius 1 is 0.933 bits per heavy atom. The van der Waals surface area contributed by atoms with Crippen molar-refractivity contribution < 1.29 is 23.7 Å². The highest BCUT2D eigenvalue weighted by molar-refractivity contribution is 14.0. The fourth-order valence-electron chi connectivity index (χ4n) is 2.96. The zero-order valence-electron chi connectivity index (χ0n) is 17.6. The summed E-state index contributed by atoms with van der Waals surface area (Å²) >= 11 is 0. The number of nitrogens with one attached hydrogen (secondary N) is 2. The summed E-state index contributed by atoms with van der Waals surface area (Å²) in [5.41, 5.74) is 1.97. The van der Waals surface area contributed by atoms with Crippen molar-refractivity contribution in [2.75, 3.05) is 34.7 Å². The van der Waals surface area contributed by atoms with Crippen molar-refractivity contribution in [3.05, 3.63) is 41.5 Å². The summed E-state index contributed by atoms with van der Waals surface area (Å²) in [7, 11) is 4.84. The van der Waals surface area contributed by atoms with Crippen LogP contribution in [0.5, 0.6) is 28.7 Å². The minimum Gasteiger partial charge on any atom is -0.496 e. The number of nitrogens with zero attached hydrogens (tertiary/aromatic N) is 1. The minimum atomic E-state index is 0. The van der Waals surface area contributed by atoms with Crippen LogP contribution in [-0.2, 0) is 13.1 Å². The molecule has 0 saturated heterocycles. The highest BCUT2D eigenvalue weighted by atomic mass is 127. The maximum atomic E-state index is 5.49. The third kappa shape index (κ3) is 5.74. The zero-order valence-corrected chi connectivity index (χ0v) is 19.9. The number of guanidine groups is 1. The van der Waals surface area contributed by atoms with Gasteiger partial charge in [-0.15, -0.1) is 24.0 Å². The van der Waals surface area contributed by atoms with E-state index >= 15 is 0 Å². The highest BCUT2D eigenvalue weighted by Gasteiger charge is 2.14. The van der Waals surface area contributed by atoms with Gasteiger partial charge in [0.1, 0.15) is 5.75 Å². The van der Waals surface area contributed by atoms with Crippen LogP contribution in [0.1, 0.15) is 18.1 Å². The van der Waals surface area contributed by atoms with E-state index in [1.807, 2.05) is 37.3 Å². The van der Waals surface area contributed by atoms with Crippen molar-refractivity contribution >= 4 is 29.9 Å². The molecule has 0 aliphatic carbocycles. The Balaban J connectivity index is 0.00000320. The standard InChI is InChI=1S/C21H27N3O5.HI/c1-5-22-21(23-11-14-6-7-16-20(8-14)29-13-28-16)24-12-15-9-18(26-3)19(27-4)10-17(15)25-2;/h6-10H,5,11-13H2,1-4H3,(H2,22,23,24);1H. The van der Waals surface area contributed by atoms with Gasteiger partial charge >= 0.3 is 0 Å². The summed E-state index contributed by atoms with van der Waals surface area (Å²) in [6.07, 6.45) is 0. The van der Waals surface area contributed by atoms with Gasteiger partial charge in [0, 0.05) is 24.7 Å². The third-order valence-corrected chi connectivity index (χ3v) is 4.43. The largest absolute Gasteiger partial charge is 0.496 e. The van der Waals surface area contributed by atoms with Crippen LogP contribution >= 0.6 is 24.0 Å². The lowest BCUT2D eigenvalue weighted by Crippen LogP contribution is -2.36. The highest BCUT2D eigenvalue weighted by Crippen LogP contribution is 2.34. The monoisotopic (exact) mass is 529 g/mol. The molecule has 2 N–H and O–H groups in total. The Morgan fingerprint density at radius 2 is 1.63 bits per heavy atom. The van der Waals surface area contributed by atoms with Crippen molar-refractivity contribution in [2.24, 2.45) is 4.99 Å². The molecule has 0 bridgehead atoms. The van der Waals surface area contributed by atoms with Crippen molar-refractivity contribution in [3.8, 4) is 28.7 Å². The molecule has 0 amide bonds. The Bertz CT molecular complexity index is 876. The van der Waals surface area contributed by atoms with Crippen LogP contribution in [0, 0.1) is 0 Å². The lowest BCUT2D eigenvalue weighted by Gasteiger charge is -2.16. The Kier molecular flexibility index (Phi) is 9.15. The number of fused-ring (bicyclic) bond motifs is 1. The Labute approximate surface area is 193 Å². The number of methoxy groups -OCH3 is 3. The fraction of sp³-hybridized carbons (Fsp3) is 0.381. The fourth-order valence-corrected chi connectivity index (χ4v) is 2.96. The van der Waals surface area contributed by atoms with E-state index in [9.17, 15) is 0 Å². The van der Waals surface area contributed by atoms with Crippen LogP contribution in [0.4, 0.5) is 0 Å². The molecular formula is C21H28IN3O5. The minimum absolute atomic E-state index is 0. The normalized spacial score (nSPS) is 12.1. The quantitative estimate of drug-likeness (QED) is 0.309. The van der Waals surface area contributed by atoms with Crippen molar-refractivity contribution in [3.63, 3.8) is 0 Å². The summed E-state index contributed by atoms with van der Waals surface area (Å²) in [6, 6.07) is 9.55. The zero-order chi connectivity index (χ0) is 20.6. The van der Waals surface area contributed by atoms with E-state index in [-0.39, 0.29) is 30.8 Å². The maximum absolute atomic E-state index is 5.49. The second-order valence-electron chi connectivity index (χ2n) is 6.26. The first kappa shape index (κ1) is 23.7. The van der Waals surface area contributed by atoms with Gasteiger partial charge in [-0.25, -0.2) is 4.99 Å². The SMILES string of the molecule is CCNC(=NCc1ccc2c(c1)OCO2)NCc1cc(OC)c(OC)cc1OC.I. The van der Waals surface area contributed by atoms with Crippen molar-refractivity contribution in [2.45, 2.75) is 20.0 Å². The smallest absolute Gasteiger partial charge is 0.231 e. The van der Waals surface area contributed by atoms with Crippen LogP contribution in [0.2, 0.25) is 0 Å². The summed E-state index contributed by atoms with van der Waals surface area (Å²) in [5, 5.41) is 6.58. The van der Waals surface area contributed by atoms with Crippen LogP contribution in [-0.4, -0.2) is 40.6 Å². The van der Waals surface area contributed by atoms with Crippen LogP contribution in [0.15, 0.2) is 35.3 Å². The molecule has 0 fully saturated rings. The molecule has 164 valence electrons. The number of rotatable bonds is 8. The van der Waals surface area contributed by atoms with E-state index in [0.29, 0.717) is 36.3 Å². The van der Waals surface area contributed by atoms with E-state index in [1.165, 1.54) is 0 Å². The van der Waals surface area contributed by atoms with Crippen LogP contribution < -0.4 is 34.3 Å². The van der Waals surface area contributed by atoms with E-state index < -0.39 is 0 Å². The molecular weight excluding hydrogens is 501 g/mol. The van der Waals surface area contributed by atoms with Crippen LogP contribution in [0.25, 0.3) is 0 Å². The molecule has 1 aliphatic rings. The Morgan fingerprint density at radius 3 is 2.33 bits per heavy atom. The molecule has 8 nitrogen and oxygen atoms in total. The summed E-state index contributed by atoms with van der Waals surface area (Å²) in [4.78, 5) is 4.66. The predicted octanol–water partition coefficient (Wildman–Crippen LogP) is 3.31. The number of benzene rings is 2. The molecule has 0 atom stereocenters. The van der Waals surface area contributed by atoms with Gasteiger partial charge in [-0.3, -0.25) is 0 Å². The van der Waals surface area contributed by atoms with Crippen LogP contribution in [0.3, 0.4) is 0 Å². The molecule has 0 aromatic heterocycles. The van der Waals surface area contributed by atoms with Gasteiger partial charge in [0.05, 0.1) is 27.9 Å². The lowest BCUT2D eigenvalue weighted by atomic mass is 10.1. The van der Waals surface area contributed by atoms with E-state index in [1.54, 1.807) is 21.3 Å². The molecule has 1 aliphatic heterocycles. The summed E-state index contributed by atoms with van der Waals surface area (Å²) in [5.74, 6) is 4.20. The summed E-state index contributed by atoms with van der Waals surface area (Å²) in [6.45, 7) is 4.05. The molecule has 9 heteroatoms. The first-order chi connectivity index (χ1) is 14.2. The van der Waals surface area contributed by atoms with Gasteiger partial charge in [-0.05, 0) is 30.7 Å². The number of hydrogen-bond acceptors (Lipinski definition) is 6. The summed E-state index contributed by atoms with van der Waals surface area (Å²) < 4.78 is 27.0. The van der Waals surface area contributed by atoms with Gasteiger partial charge in [0.15, 0.2) is 29.0 Å². The number of ether oxygens (including phenoxy) is 5. The number of hydrogen-bond donors (Lipinski definition) is 2. The van der Waals surface area contributed by atoms with Crippen molar-refractivity contribution in [1.29, 1.82) is 0 Å². The van der Waals surface area contributed by atoms with E-state index in [2.05, 4.69) is 15.6 Å². The second kappa shape index (κ2) is 11.6. The number of aliphatic imine (C=N–C) groups is 1. The molecule has 0 saturated carbocycles. The molecule has 0 spiro atoms. The van der Waals surface area contributed by atoms with E-state index in [4.69, 9.17) is 23.7 Å². The molecule has 2 aromatic rings. The predicted molar refractivity (Wildman–Crippen MR) is 126 cm³/mol. The van der Waals surface area contributed by atoms with Gasteiger partial charge in [0.2, 0.25) is 6.79 Å². The Hall–Kier alpha value is -2.56. The first-order valence-electron chi connectivity index (χ1n) is 9.38. The molecule has 2 aromatic carbocycles. The van der Waals surface area contributed by atoms with Crippen molar-refractivity contribution in [1.82, 2.24) is 10.6 Å².